The Balaban J connectivity index is 3.14. The van der Waals surface area contributed by atoms with Gasteiger partial charge in [-0.25, -0.2) is 0 Å². The Hall–Kier alpha value is -2.11. The van der Waals surface area contributed by atoms with E-state index in [1.165, 1.54) is 7.11 Å². The van der Waals surface area contributed by atoms with Crippen LogP contribution in [0, 0.1) is 0 Å². The first-order valence-electron chi connectivity index (χ1n) is 5.65. The fourth-order valence-electron chi connectivity index (χ4n) is 1.65. The van der Waals surface area contributed by atoms with Crippen molar-refractivity contribution in [3.05, 3.63) is 12.1 Å². The van der Waals surface area contributed by atoms with Crippen molar-refractivity contribution in [1.29, 1.82) is 0 Å². The molecule has 0 atom stereocenters. The Morgan fingerprint density at radius 3 is 2.00 bits per heavy atom. The van der Waals surface area contributed by atoms with Crippen molar-refractivity contribution < 1.29 is 23.7 Å². The fourth-order valence-corrected chi connectivity index (χ4v) is 1.65. The van der Waals surface area contributed by atoms with E-state index in [9.17, 15) is 4.79 Å². The van der Waals surface area contributed by atoms with Crippen LogP contribution in [-0.4, -0.2) is 48.0 Å². The monoisotopic (exact) mass is 269 g/mol. The number of anilines is 1. The molecule has 0 spiro atoms. The van der Waals surface area contributed by atoms with Crippen molar-refractivity contribution in [3.63, 3.8) is 0 Å². The number of hydrogen-bond acceptors (Lipinski definition) is 6. The van der Waals surface area contributed by atoms with Crippen LogP contribution in [-0.2, 0) is 9.53 Å². The van der Waals surface area contributed by atoms with Crippen LogP contribution in [0.2, 0.25) is 0 Å². The van der Waals surface area contributed by atoms with E-state index in [-0.39, 0.29) is 12.5 Å². The first-order chi connectivity index (χ1) is 9.07. The summed E-state index contributed by atoms with van der Waals surface area (Å²) in [6.07, 6.45) is 0. The van der Waals surface area contributed by atoms with Gasteiger partial charge in [0.05, 0.1) is 34.1 Å². The second-order valence-corrected chi connectivity index (χ2v) is 3.81. The number of nitrogens with zero attached hydrogens (tertiary/aromatic N) is 1. The van der Waals surface area contributed by atoms with Crippen molar-refractivity contribution in [2.24, 2.45) is 0 Å². The molecule has 19 heavy (non-hydrogen) atoms. The number of rotatable bonds is 6. The van der Waals surface area contributed by atoms with E-state index in [2.05, 4.69) is 4.74 Å². The standard InChI is InChI=1S/C13H19NO5/c1-14(8-13(15)19-5)9-6-11(17-3)12(18-4)7-10(9)16-2/h6-7H,8H2,1-5H3. The zero-order chi connectivity index (χ0) is 14.4. The van der Waals surface area contributed by atoms with Gasteiger partial charge in [-0.3, -0.25) is 4.79 Å². The van der Waals surface area contributed by atoms with Gasteiger partial charge in [0.1, 0.15) is 12.3 Å². The van der Waals surface area contributed by atoms with Crippen LogP contribution in [0.25, 0.3) is 0 Å². The van der Waals surface area contributed by atoms with Crippen LogP contribution in [0.4, 0.5) is 5.69 Å². The number of likely N-dealkylation sites (N-methyl/N-ethyl adjacent to an activating group) is 1. The number of benzene rings is 1. The van der Waals surface area contributed by atoms with Crippen LogP contribution in [0.15, 0.2) is 12.1 Å². The van der Waals surface area contributed by atoms with E-state index in [4.69, 9.17) is 14.2 Å². The molecule has 0 fully saturated rings. The first kappa shape index (κ1) is 14.9. The SMILES string of the molecule is COC(=O)CN(C)c1cc(OC)c(OC)cc1OC. The molecule has 1 rings (SSSR count). The van der Waals surface area contributed by atoms with E-state index in [1.54, 1.807) is 45.4 Å². The van der Waals surface area contributed by atoms with Gasteiger partial charge in [-0.2, -0.15) is 0 Å². The van der Waals surface area contributed by atoms with Gasteiger partial charge in [0.2, 0.25) is 0 Å². The minimum absolute atomic E-state index is 0.113. The van der Waals surface area contributed by atoms with Crippen LogP contribution < -0.4 is 19.1 Å². The number of esters is 1. The molecule has 106 valence electrons. The highest BCUT2D eigenvalue weighted by molar-refractivity contribution is 5.77. The van der Waals surface area contributed by atoms with Gasteiger partial charge in [0.15, 0.2) is 11.5 Å². The maximum atomic E-state index is 11.3. The lowest BCUT2D eigenvalue weighted by Gasteiger charge is -2.22. The summed E-state index contributed by atoms with van der Waals surface area (Å²) in [6, 6.07) is 3.46. The van der Waals surface area contributed by atoms with Gasteiger partial charge in [-0.15, -0.1) is 0 Å². The highest BCUT2D eigenvalue weighted by Crippen LogP contribution is 2.39. The molecular weight excluding hydrogens is 250 g/mol. The molecule has 1 aromatic rings. The molecule has 6 heteroatoms. The van der Waals surface area contributed by atoms with Crippen LogP contribution in [0.5, 0.6) is 17.2 Å². The van der Waals surface area contributed by atoms with Gasteiger partial charge in [-0.05, 0) is 0 Å². The summed E-state index contributed by atoms with van der Waals surface area (Å²) in [4.78, 5) is 13.0. The molecule has 0 saturated carbocycles. The molecule has 1 aromatic carbocycles. The van der Waals surface area contributed by atoms with E-state index >= 15 is 0 Å². The second kappa shape index (κ2) is 6.72. The summed E-state index contributed by atoms with van der Waals surface area (Å²) < 4.78 is 20.4. The largest absolute Gasteiger partial charge is 0.494 e. The van der Waals surface area contributed by atoms with E-state index < -0.39 is 0 Å². The Bertz CT molecular complexity index is 447. The fraction of sp³-hybridized carbons (Fsp3) is 0.462. The molecule has 0 aliphatic heterocycles. The topological polar surface area (TPSA) is 57.2 Å². The van der Waals surface area contributed by atoms with Crippen molar-refractivity contribution in [1.82, 2.24) is 0 Å². The van der Waals surface area contributed by atoms with Gasteiger partial charge in [-0.1, -0.05) is 0 Å². The Morgan fingerprint density at radius 2 is 1.53 bits per heavy atom. The van der Waals surface area contributed by atoms with E-state index in [1.807, 2.05) is 0 Å². The molecule has 0 saturated heterocycles. The predicted octanol–water partition coefficient (Wildman–Crippen LogP) is 1.32. The molecule has 0 aliphatic carbocycles. The Labute approximate surface area is 112 Å². The zero-order valence-corrected chi connectivity index (χ0v) is 11.9. The van der Waals surface area contributed by atoms with Gasteiger partial charge < -0.3 is 23.8 Å². The van der Waals surface area contributed by atoms with Gasteiger partial charge in [0, 0.05) is 19.2 Å². The summed E-state index contributed by atoms with van der Waals surface area (Å²) in [6.45, 7) is 0.113. The lowest BCUT2D eigenvalue weighted by molar-refractivity contribution is -0.138. The average molecular weight is 269 g/mol. The Kier molecular flexibility index (Phi) is 5.29. The average Bonchev–Trinajstić information content (AvgIpc) is 2.45. The number of hydrogen-bond donors (Lipinski definition) is 0. The number of methoxy groups -OCH3 is 4. The van der Waals surface area contributed by atoms with Crippen molar-refractivity contribution >= 4 is 11.7 Å². The third-order valence-corrected chi connectivity index (χ3v) is 2.69. The smallest absolute Gasteiger partial charge is 0.325 e. The molecule has 0 aromatic heterocycles. The van der Waals surface area contributed by atoms with Crippen LogP contribution in [0.3, 0.4) is 0 Å². The summed E-state index contributed by atoms with van der Waals surface area (Å²) in [5, 5.41) is 0. The molecule has 0 amide bonds. The third-order valence-electron chi connectivity index (χ3n) is 2.69. The normalized spacial score (nSPS) is 9.74. The summed E-state index contributed by atoms with van der Waals surface area (Å²) in [5.74, 6) is 1.38. The second-order valence-electron chi connectivity index (χ2n) is 3.81. The maximum absolute atomic E-state index is 11.3. The number of carbonyl (C=O) groups is 1. The maximum Gasteiger partial charge on any atom is 0.325 e. The summed E-state index contributed by atoms with van der Waals surface area (Å²) in [7, 11) is 7.77. The van der Waals surface area contributed by atoms with E-state index in [0.717, 1.165) is 0 Å². The molecule has 0 unspecified atom stereocenters. The van der Waals surface area contributed by atoms with Crippen molar-refractivity contribution in [3.8, 4) is 17.2 Å². The summed E-state index contributed by atoms with van der Waals surface area (Å²) >= 11 is 0. The molecule has 0 aliphatic rings. The highest BCUT2D eigenvalue weighted by Gasteiger charge is 2.16. The third kappa shape index (κ3) is 3.43. The number of carbonyl (C=O) groups excluding carboxylic acids is 1. The minimum atomic E-state index is -0.334. The number of ether oxygens (including phenoxy) is 4. The lowest BCUT2D eigenvalue weighted by Crippen LogP contribution is -2.26. The summed E-state index contributed by atoms with van der Waals surface area (Å²) in [5.41, 5.74) is 0.713. The molecule has 0 radical (unpaired) electrons. The molecular formula is C13H19NO5. The van der Waals surface area contributed by atoms with Crippen molar-refractivity contribution in [2.45, 2.75) is 0 Å². The van der Waals surface area contributed by atoms with Gasteiger partial charge in [0.25, 0.3) is 0 Å². The Morgan fingerprint density at radius 1 is 1.00 bits per heavy atom. The first-order valence-corrected chi connectivity index (χ1v) is 5.65. The highest BCUT2D eigenvalue weighted by atomic mass is 16.5. The lowest BCUT2D eigenvalue weighted by atomic mass is 10.2. The zero-order valence-electron chi connectivity index (χ0n) is 11.9. The molecule has 0 N–H and O–H groups in total. The molecule has 6 nitrogen and oxygen atoms in total. The predicted molar refractivity (Wildman–Crippen MR) is 71.4 cm³/mol. The minimum Gasteiger partial charge on any atom is -0.494 e. The molecule has 0 bridgehead atoms. The van der Waals surface area contributed by atoms with E-state index in [0.29, 0.717) is 22.9 Å². The molecule has 0 heterocycles. The van der Waals surface area contributed by atoms with Crippen LogP contribution >= 0.6 is 0 Å². The van der Waals surface area contributed by atoms with Crippen LogP contribution in [0.1, 0.15) is 0 Å². The quantitative estimate of drug-likeness (QED) is 0.726. The van der Waals surface area contributed by atoms with Gasteiger partial charge >= 0.3 is 5.97 Å². The van der Waals surface area contributed by atoms with Crippen molar-refractivity contribution in [2.75, 3.05) is 46.9 Å².